The predicted octanol–water partition coefficient (Wildman–Crippen LogP) is 3.60. The van der Waals surface area contributed by atoms with Gasteiger partial charge in [0.05, 0.1) is 37.1 Å². The average molecular weight is 489 g/mol. The van der Waals surface area contributed by atoms with Gasteiger partial charge in [0.15, 0.2) is 0 Å². The number of methoxy groups -OCH3 is 2. The summed E-state index contributed by atoms with van der Waals surface area (Å²) in [7, 11) is -1.05. The molecular weight excluding hydrogens is 456 g/mol. The Balaban J connectivity index is 1.92. The lowest BCUT2D eigenvalue weighted by Gasteiger charge is -2.22. The molecule has 3 rings (SSSR count). The standard InChI is InChI=1S/C25H32N2O6S/c1-18-8-10-19(11-9-18)22(17-24(28)33-3)26-25(29)21-16-20(12-13-23(21)32-2)34(30,31)27-14-6-4-5-7-15-27/h8-13,16,22H,4-7,14-15,17H2,1-3H3,(H,26,29). The third kappa shape index (κ3) is 6.15. The van der Waals surface area contributed by atoms with Gasteiger partial charge in [-0.15, -0.1) is 0 Å². The number of esters is 1. The van der Waals surface area contributed by atoms with E-state index < -0.39 is 27.9 Å². The highest BCUT2D eigenvalue weighted by atomic mass is 32.2. The number of ether oxygens (including phenoxy) is 2. The zero-order chi connectivity index (χ0) is 24.7. The van der Waals surface area contributed by atoms with Crippen LogP contribution in [0.5, 0.6) is 5.75 Å². The number of rotatable bonds is 8. The van der Waals surface area contributed by atoms with Gasteiger partial charge in [-0.1, -0.05) is 42.7 Å². The summed E-state index contributed by atoms with van der Waals surface area (Å²) in [6, 6.07) is 11.1. The monoisotopic (exact) mass is 488 g/mol. The van der Waals surface area contributed by atoms with Crippen LogP contribution in [0.3, 0.4) is 0 Å². The number of aryl methyl sites for hydroxylation is 1. The first kappa shape index (κ1) is 25.7. The van der Waals surface area contributed by atoms with Gasteiger partial charge in [-0.25, -0.2) is 8.42 Å². The summed E-state index contributed by atoms with van der Waals surface area (Å²) in [5.41, 5.74) is 1.86. The number of hydrogen-bond donors (Lipinski definition) is 1. The zero-order valence-electron chi connectivity index (χ0n) is 19.9. The first-order chi connectivity index (χ1) is 16.3. The van der Waals surface area contributed by atoms with Crippen molar-refractivity contribution >= 4 is 21.9 Å². The highest BCUT2D eigenvalue weighted by Crippen LogP contribution is 2.27. The highest BCUT2D eigenvalue weighted by molar-refractivity contribution is 7.89. The predicted molar refractivity (Wildman–Crippen MR) is 128 cm³/mol. The van der Waals surface area contributed by atoms with Crippen molar-refractivity contribution in [1.82, 2.24) is 9.62 Å². The van der Waals surface area contributed by atoms with Crippen LogP contribution >= 0.6 is 0 Å². The van der Waals surface area contributed by atoms with E-state index in [0.717, 1.165) is 36.8 Å². The fraction of sp³-hybridized carbons (Fsp3) is 0.440. The molecule has 2 aromatic carbocycles. The van der Waals surface area contributed by atoms with Gasteiger partial charge < -0.3 is 14.8 Å². The molecule has 0 aliphatic carbocycles. The molecule has 0 aromatic heterocycles. The Morgan fingerprint density at radius 3 is 2.24 bits per heavy atom. The molecule has 1 heterocycles. The van der Waals surface area contributed by atoms with Gasteiger partial charge in [-0.3, -0.25) is 9.59 Å². The third-order valence-electron chi connectivity index (χ3n) is 6.00. The maximum absolute atomic E-state index is 13.3. The number of carbonyl (C=O) groups excluding carboxylic acids is 2. The minimum atomic E-state index is -3.75. The largest absolute Gasteiger partial charge is 0.496 e. The van der Waals surface area contributed by atoms with E-state index >= 15 is 0 Å². The van der Waals surface area contributed by atoms with Crippen molar-refractivity contribution in [3.05, 3.63) is 59.2 Å². The maximum atomic E-state index is 13.3. The van der Waals surface area contributed by atoms with Gasteiger partial charge in [0.2, 0.25) is 10.0 Å². The second kappa shape index (κ2) is 11.5. The maximum Gasteiger partial charge on any atom is 0.307 e. The topological polar surface area (TPSA) is 102 Å². The van der Waals surface area contributed by atoms with E-state index in [0.29, 0.717) is 13.1 Å². The molecule has 34 heavy (non-hydrogen) atoms. The van der Waals surface area contributed by atoms with Crippen molar-refractivity contribution < 1.29 is 27.5 Å². The van der Waals surface area contributed by atoms with E-state index in [-0.39, 0.29) is 22.6 Å². The smallest absolute Gasteiger partial charge is 0.307 e. The Hall–Kier alpha value is -2.91. The molecule has 1 atom stereocenters. The summed E-state index contributed by atoms with van der Waals surface area (Å²) in [5, 5.41) is 2.85. The van der Waals surface area contributed by atoms with E-state index in [4.69, 9.17) is 9.47 Å². The van der Waals surface area contributed by atoms with E-state index in [1.54, 1.807) is 0 Å². The number of benzene rings is 2. The van der Waals surface area contributed by atoms with Crippen LogP contribution in [0.25, 0.3) is 0 Å². The Labute approximate surface area is 201 Å². The third-order valence-corrected chi connectivity index (χ3v) is 7.90. The minimum Gasteiger partial charge on any atom is -0.496 e. The molecule has 1 aliphatic heterocycles. The van der Waals surface area contributed by atoms with Gasteiger partial charge >= 0.3 is 5.97 Å². The van der Waals surface area contributed by atoms with Crippen LogP contribution < -0.4 is 10.1 Å². The molecule has 1 fully saturated rings. The second-order valence-corrected chi connectivity index (χ2v) is 10.3. The molecule has 184 valence electrons. The summed E-state index contributed by atoms with van der Waals surface area (Å²) in [5.74, 6) is -0.775. The summed E-state index contributed by atoms with van der Waals surface area (Å²) < 4.78 is 38.2. The molecule has 1 unspecified atom stereocenters. The highest BCUT2D eigenvalue weighted by Gasteiger charge is 2.28. The van der Waals surface area contributed by atoms with E-state index in [9.17, 15) is 18.0 Å². The SMILES string of the molecule is COC(=O)CC(NC(=O)c1cc(S(=O)(=O)N2CCCCCC2)ccc1OC)c1ccc(C)cc1. The number of amides is 1. The van der Waals surface area contributed by atoms with Crippen molar-refractivity contribution in [2.24, 2.45) is 0 Å². The number of hydrogen-bond acceptors (Lipinski definition) is 6. The molecular formula is C25H32N2O6S. The normalized spacial score (nSPS) is 15.7. The summed E-state index contributed by atoms with van der Waals surface area (Å²) in [6.07, 6.45) is 3.56. The molecule has 1 aliphatic rings. The molecule has 0 bridgehead atoms. The number of nitrogens with zero attached hydrogens (tertiary/aromatic N) is 1. The first-order valence-electron chi connectivity index (χ1n) is 11.4. The van der Waals surface area contributed by atoms with Crippen LogP contribution in [-0.2, 0) is 19.6 Å². The number of carbonyl (C=O) groups is 2. The molecule has 0 saturated carbocycles. The summed E-state index contributed by atoms with van der Waals surface area (Å²) in [4.78, 5) is 25.4. The molecule has 1 saturated heterocycles. The lowest BCUT2D eigenvalue weighted by Crippen LogP contribution is -2.33. The fourth-order valence-electron chi connectivity index (χ4n) is 3.99. The van der Waals surface area contributed by atoms with Crippen LogP contribution in [-0.4, -0.2) is 51.9 Å². The van der Waals surface area contributed by atoms with Gasteiger partial charge in [-0.2, -0.15) is 4.31 Å². The molecule has 2 aromatic rings. The fourth-order valence-corrected chi connectivity index (χ4v) is 5.54. The van der Waals surface area contributed by atoms with Gasteiger partial charge in [0.25, 0.3) is 5.91 Å². The lowest BCUT2D eigenvalue weighted by atomic mass is 10.0. The van der Waals surface area contributed by atoms with E-state index in [2.05, 4.69) is 5.32 Å². The van der Waals surface area contributed by atoms with Crippen LogP contribution in [0.2, 0.25) is 0 Å². The van der Waals surface area contributed by atoms with E-state index in [1.165, 1.54) is 36.7 Å². The van der Waals surface area contributed by atoms with Crippen molar-refractivity contribution in [1.29, 1.82) is 0 Å². The Bertz CT molecular complexity index is 1110. The molecule has 1 amide bonds. The number of nitrogens with one attached hydrogen (secondary N) is 1. The first-order valence-corrected chi connectivity index (χ1v) is 12.8. The van der Waals surface area contributed by atoms with Crippen molar-refractivity contribution in [2.75, 3.05) is 27.3 Å². The molecule has 0 radical (unpaired) electrons. The van der Waals surface area contributed by atoms with Crippen molar-refractivity contribution in [3.8, 4) is 5.75 Å². The van der Waals surface area contributed by atoms with Crippen LogP contribution in [0, 0.1) is 6.92 Å². The van der Waals surface area contributed by atoms with Crippen molar-refractivity contribution in [3.63, 3.8) is 0 Å². The average Bonchev–Trinajstić information content (AvgIpc) is 3.14. The molecule has 0 spiro atoms. The van der Waals surface area contributed by atoms with Crippen LogP contribution in [0.4, 0.5) is 0 Å². The number of sulfonamides is 1. The van der Waals surface area contributed by atoms with Crippen LogP contribution in [0.1, 0.15) is 59.6 Å². The zero-order valence-corrected chi connectivity index (χ0v) is 20.7. The summed E-state index contributed by atoms with van der Waals surface area (Å²) in [6.45, 7) is 2.87. The Morgan fingerprint density at radius 1 is 1.00 bits per heavy atom. The van der Waals surface area contributed by atoms with Gasteiger partial charge in [0, 0.05) is 13.1 Å². The summed E-state index contributed by atoms with van der Waals surface area (Å²) >= 11 is 0. The lowest BCUT2D eigenvalue weighted by molar-refractivity contribution is -0.141. The van der Waals surface area contributed by atoms with Crippen molar-refractivity contribution in [2.45, 2.75) is 50.0 Å². The Morgan fingerprint density at radius 2 is 1.65 bits per heavy atom. The second-order valence-electron chi connectivity index (χ2n) is 8.40. The van der Waals surface area contributed by atoms with E-state index in [1.807, 2.05) is 31.2 Å². The Kier molecular flexibility index (Phi) is 8.68. The van der Waals surface area contributed by atoms with Gasteiger partial charge in [-0.05, 0) is 43.5 Å². The van der Waals surface area contributed by atoms with Gasteiger partial charge in [0.1, 0.15) is 5.75 Å². The quantitative estimate of drug-likeness (QED) is 0.570. The molecule has 1 N–H and O–H groups in total. The minimum absolute atomic E-state index is 0.0419. The molecule has 9 heteroatoms. The molecule has 8 nitrogen and oxygen atoms in total. The van der Waals surface area contributed by atoms with Crippen LogP contribution in [0.15, 0.2) is 47.4 Å².